The minimum Gasteiger partial charge on any atom is -0.496 e. The van der Waals surface area contributed by atoms with E-state index in [4.69, 9.17) is 4.74 Å². The zero-order valence-electron chi connectivity index (χ0n) is 12.6. The summed E-state index contributed by atoms with van der Waals surface area (Å²) in [5.41, 5.74) is 2.69. The molecule has 116 valence electrons. The number of anilines is 1. The van der Waals surface area contributed by atoms with E-state index < -0.39 is 0 Å². The van der Waals surface area contributed by atoms with Gasteiger partial charge in [0.2, 0.25) is 5.91 Å². The van der Waals surface area contributed by atoms with E-state index in [9.17, 15) is 9.18 Å². The third kappa shape index (κ3) is 4.77. The Bertz CT molecular complexity index is 661. The van der Waals surface area contributed by atoms with Gasteiger partial charge in [-0.05, 0) is 31.2 Å². The van der Waals surface area contributed by atoms with E-state index in [1.54, 1.807) is 19.2 Å². The van der Waals surface area contributed by atoms with Gasteiger partial charge in [0.05, 0.1) is 12.9 Å². The molecule has 0 aliphatic rings. The first-order valence-electron chi connectivity index (χ1n) is 6.85. The largest absolute Gasteiger partial charge is 0.496 e. The first-order valence-corrected chi connectivity index (χ1v) is 8.00. The summed E-state index contributed by atoms with van der Waals surface area (Å²) in [6, 6.07) is 11.8. The zero-order valence-corrected chi connectivity index (χ0v) is 13.4. The highest BCUT2D eigenvalue weighted by Crippen LogP contribution is 2.24. The van der Waals surface area contributed by atoms with Gasteiger partial charge in [-0.3, -0.25) is 4.79 Å². The van der Waals surface area contributed by atoms with Crippen LogP contribution in [-0.2, 0) is 10.5 Å². The molecule has 0 heterocycles. The summed E-state index contributed by atoms with van der Waals surface area (Å²) in [6.45, 7) is 2.02. The number of ether oxygens (including phenoxy) is 1. The predicted octanol–water partition coefficient (Wildman–Crippen LogP) is 4.01. The molecule has 1 amide bonds. The molecule has 5 heteroatoms. The normalized spacial score (nSPS) is 10.3. The molecule has 0 aliphatic carbocycles. The van der Waals surface area contributed by atoms with Gasteiger partial charge in [-0.15, -0.1) is 11.8 Å². The lowest BCUT2D eigenvalue weighted by molar-refractivity contribution is -0.113. The number of hydrogen-bond acceptors (Lipinski definition) is 3. The summed E-state index contributed by atoms with van der Waals surface area (Å²) in [5, 5.41) is 2.68. The van der Waals surface area contributed by atoms with Gasteiger partial charge >= 0.3 is 0 Å². The number of methoxy groups -OCH3 is 1. The Morgan fingerprint density at radius 3 is 2.82 bits per heavy atom. The Hall–Kier alpha value is -2.01. The van der Waals surface area contributed by atoms with Crippen LogP contribution in [-0.4, -0.2) is 18.8 Å². The van der Waals surface area contributed by atoms with E-state index in [1.807, 2.05) is 19.1 Å². The molecule has 0 aromatic heterocycles. The topological polar surface area (TPSA) is 38.3 Å². The molecule has 3 nitrogen and oxygen atoms in total. The molecule has 0 saturated heterocycles. The third-order valence-electron chi connectivity index (χ3n) is 3.03. The lowest BCUT2D eigenvalue weighted by Crippen LogP contribution is -2.14. The molecule has 22 heavy (non-hydrogen) atoms. The number of carbonyl (C=O) groups is 1. The summed E-state index contributed by atoms with van der Waals surface area (Å²) >= 11 is 1.49. The smallest absolute Gasteiger partial charge is 0.234 e. The van der Waals surface area contributed by atoms with E-state index in [0.29, 0.717) is 17.2 Å². The molecular weight excluding hydrogens is 301 g/mol. The van der Waals surface area contributed by atoms with Crippen molar-refractivity contribution in [2.75, 3.05) is 18.2 Å². The molecule has 2 aromatic rings. The Morgan fingerprint density at radius 1 is 1.27 bits per heavy atom. The van der Waals surface area contributed by atoms with Gasteiger partial charge in [0.15, 0.2) is 0 Å². The van der Waals surface area contributed by atoms with Crippen molar-refractivity contribution in [1.29, 1.82) is 0 Å². The van der Waals surface area contributed by atoms with Crippen LogP contribution < -0.4 is 10.1 Å². The predicted molar refractivity (Wildman–Crippen MR) is 88.9 cm³/mol. The van der Waals surface area contributed by atoms with Crippen LogP contribution in [0.4, 0.5) is 10.1 Å². The van der Waals surface area contributed by atoms with Crippen LogP contribution >= 0.6 is 11.8 Å². The van der Waals surface area contributed by atoms with Crippen LogP contribution in [0.5, 0.6) is 5.75 Å². The molecule has 2 rings (SSSR count). The molecular formula is C17H18FNO2S. The highest BCUT2D eigenvalue weighted by Gasteiger charge is 2.07. The van der Waals surface area contributed by atoms with Crippen LogP contribution in [0.2, 0.25) is 0 Å². The first kappa shape index (κ1) is 16.4. The van der Waals surface area contributed by atoms with Crippen LogP contribution in [0.1, 0.15) is 11.1 Å². The van der Waals surface area contributed by atoms with Gasteiger partial charge in [0, 0.05) is 17.0 Å². The maximum Gasteiger partial charge on any atom is 0.234 e. The number of amides is 1. The highest BCUT2D eigenvalue weighted by molar-refractivity contribution is 7.99. The second kappa shape index (κ2) is 7.84. The van der Waals surface area contributed by atoms with E-state index in [2.05, 4.69) is 11.4 Å². The lowest BCUT2D eigenvalue weighted by Gasteiger charge is -2.09. The number of benzene rings is 2. The van der Waals surface area contributed by atoms with Gasteiger partial charge in [0.25, 0.3) is 0 Å². The van der Waals surface area contributed by atoms with E-state index in [0.717, 1.165) is 16.9 Å². The van der Waals surface area contributed by atoms with Crippen molar-refractivity contribution in [2.45, 2.75) is 12.7 Å². The van der Waals surface area contributed by atoms with Crippen molar-refractivity contribution < 1.29 is 13.9 Å². The van der Waals surface area contributed by atoms with Crippen LogP contribution in [0.3, 0.4) is 0 Å². The Labute approximate surface area is 133 Å². The Morgan fingerprint density at radius 2 is 2.09 bits per heavy atom. The second-order valence-corrected chi connectivity index (χ2v) is 5.85. The SMILES string of the molecule is COc1ccc(C)cc1CSCC(=O)Nc1cccc(F)c1. The van der Waals surface area contributed by atoms with E-state index >= 15 is 0 Å². The van der Waals surface area contributed by atoms with Crippen molar-refractivity contribution in [3.05, 3.63) is 59.4 Å². The van der Waals surface area contributed by atoms with Crippen molar-refractivity contribution in [2.24, 2.45) is 0 Å². The molecule has 0 radical (unpaired) electrons. The number of rotatable bonds is 6. The van der Waals surface area contributed by atoms with Crippen molar-refractivity contribution in [3.8, 4) is 5.75 Å². The maximum absolute atomic E-state index is 13.0. The Kier molecular flexibility index (Phi) is 5.83. The fourth-order valence-electron chi connectivity index (χ4n) is 2.04. The van der Waals surface area contributed by atoms with Gasteiger partial charge < -0.3 is 10.1 Å². The Balaban J connectivity index is 1.86. The van der Waals surface area contributed by atoms with E-state index in [1.165, 1.54) is 23.9 Å². The summed E-state index contributed by atoms with van der Waals surface area (Å²) in [5.74, 6) is 1.29. The summed E-state index contributed by atoms with van der Waals surface area (Å²) in [6.07, 6.45) is 0. The van der Waals surface area contributed by atoms with Gasteiger partial charge in [-0.2, -0.15) is 0 Å². The number of thioether (sulfide) groups is 1. The minimum absolute atomic E-state index is 0.151. The molecule has 0 spiro atoms. The molecule has 2 aromatic carbocycles. The molecule has 0 bridgehead atoms. The average molecular weight is 319 g/mol. The molecule has 0 fully saturated rings. The van der Waals surface area contributed by atoms with Gasteiger partial charge in [0.1, 0.15) is 11.6 Å². The fraction of sp³-hybridized carbons (Fsp3) is 0.235. The van der Waals surface area contributed by atoms with Gasteiger partial charge in [-0.25, -0.2) is 4.39 Å². The van der Waals surface area contributed by atoms with E-state index in [-0.39, 0.29) is 11.7 Å². The van der Waals surface area contributed by atoms with Crippen molar-refractivity contribution >= 4 is 23.4 Å². The highest BCUT2D eigenvalue weighted by atomic mass is 32.2. The number of hydrogen-bond donors (Lipinski definition) is 1. The van der Waals surface area contributed by atoms with Gasteiger partial charge in [-0.1, -0.05) is 23.8 Å². The molecule has 0 aliphatic heterocycles. The standard InChI is InChI=1S/C17H18FNO2S/c1-12-6-7-16(21-2)13(8-12)10-22-11-17(20)19-15-5-3-4-14(18)9-15/h3-9H,10-11H2,1-2H3,(H,19,20). The van der Waals surface area contributed by atoms with Crippen LogP contribution in [0.25, 0.3) is 0 Å². The monoisotopic (exact) mass is 319 g/mol. The molecule has 0 atom stereocenters. The lowest BCUT2D eigenvalue weighted by atomic mass is 10.1. The number of aryl methyl sites for hydroxylation is 1. The zero-order chi connectivity index (χ0) is 15.9. The molecule has 0 saturated carbocycles. The minimum atomic E-state index is -0.366. The summed E-state index contributed by atoms with van der Waals surface area (Å²) in [4.78, 5) is 11.8. The molecule has 0 unspecified atom stereocenters. The second-order valence-electron chi connectivity index (χ2n) is 4.87. The fourth-order valence-corrected chi connectivity index (χ4v) is 2.84. The summed E-state index contributed by atoms with van der Waals surface area (Å²) in [7, 11) is 1.63. The third-order valence-corrected chi connectivity index (χ3v) is 4.02. The number of halogens is 1. The maximum atomic E-state index is 13.0. The first-order chi connectivity index (χ1) is 10.6. The number of nitrogens with one attached hydrogen (secondary N) is 1. The van der Waals surface area contributed by atoms with Crippen LogP contribution in [0.15, 0.2) is 42.5 Å². The van der Waals surface area contributed by atoms with Crippen LogP contribution in [0, 0.1) is 12.7 Å². The number of carbonyl (C=O) groups excluding carboxylic acids is 1. The summed E-state index contributed by atoms with van der Waals surface area (Å²) < 4.78 is 18.4. The average Bonchev–Trinajstić information content (AvgIpc) is 2.47. The molecule has 1 N–H and O–H groups in total. The van der Waals surface area contributed by atoms with Crippen molar-refractivity contribution in [3.63, 3.8) is 0 Å². The quantitative estimate of drug-likeness (QED) is 0.874. The van der Waals surface area contributed by atoms with Crippen molar-refractivity contribution in [1.82, 2.24) is 0 Å².